The van der Waals surface area contributed by atoms with Crippen molar-refractivity contribution < 1.29 is 13.2 Å². The van der Waals surface area contributed by atoms with Gasteiger partial charge in [-0.15, -0.1) is 11.3 Å². The summed E-state index contributed by atoms with van der Waals surface area (Å²) in [6, 6.07) is 15.0. The minimum atomic E-state index is -3.31. The summed E-state index contributed by atoms with van der Waals surface area (Å²) in [5, 5.41) is 3.37. The van der Waals surface area contributed by atoms with Gasteiger partial charge in [0.25, 0.3) is 0 Å². The Morgan fingerprint density at radius 3 is 2.37 bits per heavy atom. The lowest BCUT2D eigenvalue weighted by molar-refractivity contribution is 0.415. The lowest BCUT2D eigenvalue weighted by atomic mass is 10.1. The molecule has 158 valence electrons. The topological polar surface area (TPSA) is 59.5 Å². The number of hydrogen-bond donors (Lipinski definition) is 0. The second kappa shape index (κ2) is 9.08. The summed E-state index contributed by atoms with van der Waals surface area (Å²) in [5.74, 6) is 0.819. The molecule has 0 spiro atoms. The van der Waals surface area contributed by atoms with Gasteiger partial charge in [0.2, 0.25) is 0 Å². The SMILES string of the molecule is COc1ccc(-c2csc(N3CCC(S(=O)(=O)c4ccc(CBr)cc4)CC3)n2)cc1. The lowest BCUT2D eigenvalue weighted by Gasteiger charge is -2.31. The zero-order valence-corrected chi connectivity index (χ0v) is 19.8. The summed E-state index contributed by atoms with van der Waals surface area (Å²) in [6.07, 6.45) is 1.22. The van der Waals surface area contributed by atoms with Gasteiger partial charge in [-0.3, -0.25) is 0 Å². The van der Waals surface area contributed by atoms with E-state index in [-0.39, 0.29) is 5.25 Å². The Kier molecular flexibility index (Phi) is 6.46. The molecule has 8 heteroatoms. The maximum absolute atomic E-state index is 13.0. The van der Waals surface area contributed by atoms with Gasteiger partial charge < -0.3 is 9.64 Å². The standard InChI is InChI=1S/C22H23BrN2O3S2/c1-28-18-6-4-17(5-7-18)21-15-29-22(24-21)25-12-10-20(11-13-25)30(26,27)19-8-2-16(14-23)3-9-19/h2-9,15,20H,10-14H2,1H3. The number of thiazole rings is 1. The molecule has 0 radical (unpaired) electrons. The van der Waals surface area contributed by atoms with Gasteiger partial charge in [0.1, 0.15) is 5.75 Å². The van der Waals surface area contributed by atoms with E-state index in [2.05, 4.69) is 20.8 Å². The van der Waals surface area contributed by atoms with Crippen molar-refractivity contribution in [2.45, 2.75) is 28.3 Å². The molecule has 4 rings (SSSR count). The van der Waals surface area contributed by atoms with Gasteiger partial charge in [0, 0.05) is 29.4 Å². The van der Waals surface area contributed by atoms with Crippen LogP contribution in [-0.4, -0.2) is 38.9 Å². The van der Waals surface area contributed by atoms with Crippen molar-refractivity contribution in [1.29, 1.82) is 0 Å². The minimum Gasteiger partial charge on any atom is -0.497 e. The molecule has 3 aromatic rings. The molecule has 2 heterocycles. The maximum atomic E-state index is 13.0. The van der Waals surface area contributed by atoms with Crippen LogP contribution in [0.2, 0.25) is 0 Å². The van der Waals surface area contributed by atoms with Crippen LogP contribution in [0.25, 0.3) is 11.3 Å². The Labute approximate surface area is 189 Å². The highest BCUT2D eigenvalue weighted by Crippen LogP contribution is 2.32. The van der Waals surface area contributed by atoms with Gasteiger partial charge in [0.15, 0.2) is 15.0 Å². The number of piperidine rings is 1. The summed E-state index contributed by atoms with van der Waals surface area (Å²) in [6.45, 7) is 1.39. The molecule has 1 aliphatic rings. The predicted molar refractivity (Wildman–Crippen MR) is 126 cm³/mol. The Morgan fingerprint density at radius 1 is 1.10 bits per heavy atom. The molecule has 1 fully saturated rings. The summed E-state index contributed by atoms with van der Waals surface area (Å²) in [4.78, 5) is 7.38. The molecule has 30 heavy (non-hydrogen) atoms. The van der Waals surface area contributed by atoms with E-state index >= 15 is 0 Å². The number of ether oxygens (including phenoxy) is 1. The summed E-state index contributed by atoms with van der Waals surface area (Å²) >= 11 is 5.00. The Balaban J connectivity index is 1.42. The Morgan fingerprint density at radius 2 is 1.77 bits per heavy atom. The molecule has 1 aliphatic heterocycles. The summed E-state index contributed by atoms with van der Waals surface area (Å²) in [5.41, 5.74) is 3.04. The number of hydrogen-bond acceptors (Lipinski definition) is 6. The smallest absolute Gasteiger partial charge is 0.185 e. The first-order chi connectivity index (χ1) is 14.5. The van der Waals surface area contributed by atoms with Gasteiger partial charge in [0.05, 0.1) is 22.9 Å². The van der Waals surface area contributed by atoms with Crippen LogP contribution >= 0.6 is 27.3 Å². The molecule has 0 unspecified atom stereocenters. The van der Waals surface area contributed by atoms with Crippen LogP contribution in [0, 0.1) is 0 Å². The molecule has 2 aromatic carbocycles. The molecule has 0 bridgehead atoms. The molecule has 1 aromatic heterocycles. The van der Waals surface area contributed by atoms with E-state index in [1.807, 2.05) is 41.8 Å². The van der Waals surface area contributed by atoms with Crippen molar-refractivity contribution in [3.05, 3.63) is 59.5 Å². The van der Waals surface area contributed by atoms with Gasteiger partial charge >= 0.3 is 0 Å². The van der Waals surface area contributed by atoms with Gasteiger partial charge in [-0.1, -0.05) is 28.1 Å². The number of nitrogens with zero attached hydrogens (tertiary/aromatic N) is 2. The van der Waals surface area contributed by atoms with Crippen molar-refractivity contribution >= 4 is 42.2 Å². The number of sulfone groups is 1. The van der Waals surface area contributed by atoms with Crippen LogP contribution < -0.4 is 9.64 Å². The third-order valence-electron chi connectivity index (χ3n) is 5.44. The average Bonchev–Trinajstić information content (AvgIpc) is 3.29. The number of aromatic nitrogens is 1. The fourth-order valence-electron chi connectivity index (χ4n) is 3.62. The molecular weight excluding hydrogens is 484 g/mol. The second-order valence-electron chi connectivity index (χ2n) is 7.25. The van der Waals surface area contributed by atoms with Gasteiger partial charge in [-0.05, 0) is 54.8 Å². The van der Waals surface area contributed by atoms with E-state index in [1.54, 1.807) is 30.6 Å². The number of benzene rings is 2. The molecule has 5 nitrogen and oxygen atoms in total. The monoisotopic (exact) mass is 506 g/mol. The zero-order valence-electron chi connectivity index (χ0n) is 16.6. The number of rotatable bonds is 6. The van der Waals surface area contributed by atoms with Crippen molar-refractivity contribution in [3.8, 4) is 17.0 Å². The maximum Gasteiger partial charge on any atom is 0.185 e. The highest BCUT2D eigenvalue weighted by atomic mass is 79.9. The van der Waals surface area contributed by atoms with E-state index < -0.39 is 9.84 Å². The highest BCUT2D eigenvalue weighted by Gasteiger charge is 2.32. The molecule has 0 atom stereocenters. The molecule has 0 N–H and O–H groups in total. The molecule has 1 saturated heterocycles. The van der Waals surface area contributed by atoms with E-state index in [9.17, 15) is 8.42 Å². The van der Waals surface area contributed by atoms with E-state index in [4.69, 9.17) is 9.72 Å². The number of methoxy groups -OCH3 is 1. The van der Waals surface area contributed by atoms with Crippen LogP contribution in [-0.2, 0) is 15.2 Å². The number of halogens is 1. The van der Waals surface area contributed by atoms with Crippen molar-refractivity contribution in [3.63, 3.8) is 0 Å². The average molecular weight is 507 g/mol. The van der Waals surface area contributed by atoms with Crippen LogP contribution in [0.1, 0.15) is 18.4 Å². The number of anilines is 1. The molecule has 0 saturated carbocycles. The highest BCUT2D eigenvalue weighted by molar-refractivity contribution is 9.08. The van der Waals surface area contributed by atoms with E-state index in [1.165, 1.54) is 0 Å². The first kappa shape index (κ1) is 21.3. The zero-order chi connectivity index (χ0) is 21.1. The normalized spacial score (nSPS) is 15.3. The van der Waals surface area contributed by atoms with Crippen LogP contribution in [0.4, 0.5) is 5.13 Å². The quantitative estimate of drug-likeness (QED) is 0.432. The summed E-state index contributed by atoms with van der Waals surface area (Å²) in [7, 11) is -1.66. The minimum absolute atomic E-state index is 0.343. The van der Waals surface area contributed by atoms with Crippen molar-refractivity contribution in [1.82, 2.24) is 4.98 Å². The first-order valence-corrected chi connectivity index (χ1v) is 13.3. The Hall–Kier alpha value is -1.90. The molecule has 0 amide bonds. The third kappa shape index (κ3) is 4.40. The van der Waals surface area contributed by atoms with Crippen LogP contribution in [0.5, 0.6) is 5.75 Å². The lowest BCUT2D eigenvalue weighted by Crippen LogP contribution is -2.39. The molecule has 0 aliphatic carbocycles. The first-order valence-electron chi connectivity index (χ1n) is 9.75. The van der Waals surface area contributed by atoms with Crippen LogP contribution in [0.3, 0.4) is 0 Å². The molecular formula is C22H23BrN2O3S2. The summed E-state index contributed by atoms with van der Waals surface area (Å²) < 4.78 is 31.2. The fraction of sp³-hybridized carbons (Fsp3) is 0.318. The number of alkyl halides is 1. The second-order valence-corrected chi connectivity index (χ2v) is 10.9. The van der Waals surface area contributed by atoms with Crippen molar-refractivity contribution in [2.24, 2.45) is 0 Å². The fourth-order valence-corrected chi connectivity index (χ4v) is 6.62. The van der Waals surface area contributed by atoms with Gasteiger partial charge in [-0.25, -0.2) is 13.4 Å². The predicted octanol–water partition coefficient (Wildman–Crippen LogP) is 5.16. The third-order valence-corrected chi connectivity index (χ3v) is 9.26. The van der Waals surface area contributed by atoms with Gasteiger partial charge in [-0.2, -0.15) is 0 Å². The van der Waals surface area contributed by atoms with Crippen LogP contribution in [0.15, 0.2) is 58.8 Å². The Bertz CT molecular complexity index is 1090. The largest absolute Gasteiger partial charge is 0.497 e. The van der Waals surface area contributed by atoms with Crippen molar-refractivity contribution in [2.75, 3.05) is 25.1 Å². The van der Waals surface area contributed by atoms with E-state index in [0.717, 1.165) is 33.0 Å². The van der Waals surface area contributed by atoms with E-state index in [0.29, 0.717) is 30.8 Å².